The Labute approximate surface area is 322 Å². The summed E-state index contributed by atoms with van der Waals surface area (Å²) in [5.41, 5.74) is 9.94. The van der Waals surface area contributed by atoms with E-state index < -0.39 is 11.5 Å². The molecule has 0 radical (unpaired) electrons. The molecule has 0 unspecified atom stereocenters. The minimum Gasteiger partial charge on any atom is -0.497 e. The van der Waals surface area contributed by atoms with Crippen molar-refractivity contribution in [2.24, 2.45) is 0 Å². The van der Waals surface area contributed by atoms with E-state index in [0.29, 0.717) is 27.7 Å². The lowest BCUT2D eigenvalue weighted by Gasteiger charge is -2.28. The average Bonchev–Trinajstić information content (AvgIpc) is 4.00. The maximum atomic E-state index is 14.4. The number of thiophene rings is 1. The van der Waals surface area contributed by atoms with Gasteiger partial charge in [0.05, 0.1) is 66.9 Å². The number of imidazole rings is 1. The number of anilines is 1. The molecule has 3 aliphatic rings. The molecular formula is C44H42N6O4S. The number of rotatable bonds is 7. The molecule has 55 heavy (non-hydrogen) atoms. The highest BCUT2D eigenvalue weighted by atomic mass is 32.1. The number of nitrogens with zero attached hydrogens (tertiary/aromatic N) is 3. The fourth-order valence-corrected chi connectivity index (χ4v) is 10.6. The molecule has 1 amide bonds. The Morgan fingerprint density at radius 2 is 1.73 bits per heavy atom. The first-order chi connectivity index (χ1) is 26.9. The van der Waals surface area contributed by atoms with Crippen molar-refractivity contribution in [1.82, 2.24) is 24.8 Å². The number of aromatic nitrogens is 4. The number of carbonyl (C=O) groups is 2. The second-order valence-electron chi connectivity index (χ2n) is 15.3. The van der Waals surface area contributed by atoms with E-state index in [0.717, 1.165) is 90.7 Å². The predicted molar refractivity (Wildman–Crippen MR) is 218 cm³/mol. The van der Waals surface area contributed by atoms with Crippen molar-refractivity contribution in [3.8, 4) is 28.3 Å². The highest BCUT2D eigenvalue weighted by Gasteiger charge is 2.41. The number of carboxylic acid groups (broad SMARTS) is 1. The Kier molecular flexibility index (Phi) is 8.16. The highest BCUT2D eigenvalue weighted by Crippen LogP contribution is 2.50. The number of carbonyl (C=O) groups excluding carboxylic acids is 1. The molecule has 4 N–H and O–H groups in total. The van der Waals surface area contributed by atoms with Crippen molar-refractivity contribution in [2.45, 2.75) is 75.8 Å². The molecule has 0 saturated heterocycles. The lowest BCUT2D eigenvalue weighted by Crippen LogP contribution is -2.44. The maximum Gasteiger partial charge on any atom is 0.335 e. The summed E-state index contributed by atoms with van der Waals surface area (Å²) in [6.45, 7) is 1.54. The van der Waals surface area contributed by atoms with E-state index in [1.165, 1.54) is 40.8 Å². The number of nitrogens with one attached hydrogen (secondary N) is 3. The highest BCUT2D eigenvalue weighted by molar-refractivity contribution is 7.21. The van der Waals surface area contributed by atoms with Crippen molar-refractivity contribution in [3.63, 3.8) is 0 Å². The van der Waals surface area contributed by atoms with Gasteiger partial charge in [0, 0.05) is 29.6 Å². The van der Waals surface area contributed by atoms with E-state index in [1.54, 1.807) is 36.6 Å². The van der Waals surface area contributed by atoms with Crippen LogP contribution in [-0.2, 0) is 12.1 Å². The third-order valence-corrected chi connectivity index (χ3v) is 13.3. The number of aromatic amines is 1. The fraction of sp³-hybridized carbons (Fsp3) is 0.318. The smallest absolute Gasteiger partial charge is 0.335 e. The number of H-pyrrole nitrogens is 1. The first-order valence-electron chi connectivity index (χ1n) is 19.4. The second-order valence-corrected chi connectivity index (χ2v) is 16.4. The number of aromatic carboxylic acids is 1. The molecule has 2 aliphatic carbocycles. The Balaban J connectivity index is 1.04. The lowest BCUT2D eigenvalue weighted by atomic mass is 9.83. The molecule has 2 fully saturated rings. The predicted octanol–water partition coefficient (Wildman–Crippen LogP) is 9.84. The van der Waals surface area contributed by atoms with Gasteiger partial charge < -0.3 is 30.0 Å². The number of hydrogen-bond acceptors (Lipinski definition) is 7. The van der Waals surface area contributed by atoms with Gasteiger partial charge in [-0.3, -0.25) is 4.79 Å². The van der Waals surface area contributed by atoms with Crippen LogP contribution >= 0.6 is 11.3 Å². The molecule has 4 aromatic heterocycles. The number of hydrogen-bond donors (Lipinski definition) is 4. The summed E-state index contributed by atoms with van der Waals surface area (Å²) >= 11 is 1.62. The molecule has 0 spiro atoms. The maximum absolute atomic E-state index is 14.4. The molecule has 3 aromatic carbocycles. The molecule has 7 aromatic rings. The lowest BCUT2D eigenvalue weighted by molar-refractivity contribution is 0.0696. The molecule has 0 bridgehead atoms. The molecule has 1 aliphatic heterocycles. The number of carboxylic acids is 1. The molecule has 2 saturated carbocycles. The molecule has 5 heterocycles. The van der Waals surface area contributed by atoms with Gasteiger partial charge in [0.15, 0.2) is 0 Å². The van der Waals surface area contributed by atoms with Crippen molar-refractivity contribution < 1.29 is 19.4 Å². The zero-order valence-electron chi connectivity index (χ0n) is 30.7. The third kappa shape index (κ3) is 5.66. The van der Waals surface area contributed by atoms with Gasteiger partial charge in [-0.25, -0.2) is 14.8 Å². The Hall–Kier alpha value is -5.68. The van der Waals surface area contributed by atoms with Crippen LogP contribution in [0, 0.1) is 0 Å². The first kappa shape index (κ1) is 33.9. The van der Waals surface area contributed by atoms with Gasteiger partial charge in [-0.1, -0.05) is 32.1 Å². The van der Waals surface area contributed by atoms with E-state index in [2.05, 4.69) is 50.5 Å². The summed E-state index contributed by atoms with van der Waals surface area (Å²) in [4.78, 5) is 40.1. The SMILES string of the molecule is COc1ccc(-c2ccc3c4c(ccc3n2)-c2c(C3CCCCC3)c3sc(C(=O)NC5(c6nc7ccc(C(=O)O)cc7[nH]6)CCCC5)cc3n2CCN4)cc1. The van der Waals surface area contributed by atoms with Crippen LogP contribution in [-0.4, -0.2) is 50.2 Å². The summed E-state index contributed by atoms with van der Waals surface area (Å²) in [6, 6.07) is 23.8. The number of benzene rings is 3. The monoisotopic (exact) mass is 750 g/mol. The number of ether oxygens (including phenoxy) is 1. The Morgan fingerprint density at radius 1 is 0.927 bits per heavy atom. The summed E-state index contributed by atoms with van der Waals surface area (Å²) < 4.78 is 9.04. The van der Waals surface area contributed by atoms with Crippen LogP contribution in [0.25, 0.3) is 54.7 Å². The molecular weight excluding hydrogens is 709 g/mol. The van der Waals surface area contributed by atoms with Gasteiger partial charge in [-0.15, -0.1) is 11.3 Å². The van der Waals surface area contributed by atoms with Gasteiger partial charge in [0.2, 0.25) is 0 Å². The number of pyridine rings is 1. The van der Waals surface area contributed by atoms with Crippen LogP contribution in [0.15, 0.2) is 72.8 Å². The van der Waals surface area contributed by atoms with E-state index in [1.807, 2.05) is 24.3 Å². The third-order valence-electron chi connectivity index (χ3n) is 12.2. The first-order valence-corrected chi connectivity index (χ1v) is 20.3. The molecule has 11 heteroatoms. The quantitative estimate of drug-likeness (QED) is 0.127. The number of methoxy groups -OCH3 is 1. The molecule has 10 rings (SSSR count). The molecule has 0 atom stereocenters. The van der Waals surface area contributed by atoms with Gasteiger partial charge >= 0.3 is 5.97 Å². The van der Waals surface area contributed by atoms with Gasteiger partial charge in [-0.2, -0.15) is 0 Å². The van der Waals surface area contributed by atoms with Gasteiger partial charge in [0.25, 0.3) is 5.91 Å². The normalized spacial score (nSPS) is 16.8. The minimum atomic E-state index is -0.981. The number of amides is 1. The van der Waals surface area contributed by atoms with Crippen LogP contribution in [0.2, 0.25) is 0 Å². The van der Waals surface area contributed by atoms with Crippen LogP contribution in [0.3, 0.4) is 0 Å². The second kappa shape index (κ2) is 13.3. The van der Waals surface area contributed by atoms with Crippen molar-refractivity contribution >= 4 is 61.1 Å². The van der Waals surface area contributed by atoms with Crippen LogP contribution in [0.5, 0.6) is 5.75 Å². The standard InChI is InChI=1S/C44H42N6O4S/c1-54-28-12-9-25(10-13-28)31-17-14-29-32(46-31)18-15-30-38(29)45-21-22-50-35-24-36(55-40(35)37(39(30)50)26-7-3-2-4-8-26)41(51)49-44(19-5-6-20-44)43-47-33-16-11-27(42(52)53)23-34(33)48-43/h9-18,23-24,26,45H,2-8,19-22H2,1H3,(H,47,48)(H,49,51)(H,52,53). The summed E-state index contributed by atoms with van der Waals surface area (Å²) in [5.74, 6) is 0.870. The van der Waals surface area contributed by atoms with E-state index in [-0.39, 0.29) is 11.5 Å². The van der Waals surface area contributed by atoms with E-state index in [4.69, 9.17) is 14.7 Å². The summed E-state index contributed by atoms with van der Waals surface area (Å²) in [7, 11) is 1.68. The van der Waals surface area contributed by atoms with Crippen LogP contribution in [0.4, 0.5) is 5.69 Å². The van der Waals surface area contributed by atoms with Crippen molar-refractivity contribution in [2.75, 3.05) is 19.0 Å². The van der Waals surface area contributed by atoms with Crippen LogP contribution in [0.1, 0.15) is 95.1 Å². The van der Waals surface area contributed by atoms with Crippen molar-refractivity contribution in [1.29, 1.82) is 0 Å². The van der Waals surface area contributed by atoms with Crippen molar-refractivity contribution in [3.05, 3.63) is 94.6 Å². The largest absolute Gasteiger partial charge is 0.497 e. The zero-order chi connectivity index (χ0) is 37.3. The van der Waals surface area contributed by atoms with E-state index in [9.17, 15) is 14.7 Å². The topological polar surface area (TPSA) is 134 Å². The molecule has 10 nitrogen and oxygen atoms in total. The number of fused-ring (bicyclic) bond motifs is 8. The zero-order valence-corrected chi connectivity index (χ0v) is 31.5. The van der Waals surface area contributed by atoms with Gasteiger partial charge in [0.1, 0.15) is 11.6 Å². The van der Waals surface area contributed by atoms with Crippen LogP contribution < -0.4 is 15.4 Å². The van der Waals surface area contributed by atoms with E-state index >= 15 is 0 Å². The summed E-state index contributed by atoms with van der Waals surface area (Å²) in [6.07, 6.45) is 9.47. The Bertz CT molecular complexity index is 2640. The fourth-order valence-electron chi connectivity index (χ4n) is 9.41. The minimum absolute atomic E-state index is 0.0874. The Morgan fingerprint density at radius 3 is 2.51 bits per heavy atom. The van der Waals surface area contributed by atoms with Gasteiger partial charge in [-0.05, 0) is 110 Å². The molecule has 278 valence electrons. The average molecular weight is 751 g/mol. The summed E-state index contributed by atoms with van der Waals surface area (Å²) in [5, 5.41) is 17.9.